The van der Waals surface area contributed by atoms with Crippen molar-refractivity contribution in [3.63, 3.8) is 0 Å². The summed E-state index contributed by atoms with van der Waals surface area (Å²) in [4.78, 5) is 11.5. The zero-order valence-corrected chi connectivity index (χ0v) is 9.88. The van der Waals surface area contributed by atoms with E-state index in [0.29, 0.717) is 22.6 Å². The van der Waals surface area contributed by atoms with E-state index in [9.17, 15) is 4.79 Å². The Bertz CT molecular complexity index is 626. The predicted octanol–water partition coefficient (Wildman–Crippen LogP) is 3.55. The molecule has 2 aromatic rings. The van der Waals surface area contributed by atoms with Gasteiger partial charge < -0.3 is 4.74 Å². The fraction of sp³-hybridized carbons (Fsp3) is 0.0667. The van der Waals surface area contributed by atoms with Crippen LogP contribution in [0.2, 0.25) is 0 Å². The van der Waals surface area contributed by atoms with Gasteiger partial charge in [-0.1, -0.05) is 24.3 Å². The maximum atomic E-state index is 11.5. The van der Waals surface area contributed by atoms with Crippen LogP contribution in [0.1, 0.15) is 22.8 Å². The van der Waals surface area contributed by atoms with E-state index in [-0.39, 0.29) is 5.78 Å². The van der Waals surface area contributed by atoms with Gasteiger partial charge in [0.25, 0.3) is 0 Å². The monoisotopic (exact) mass is 237 g/mol. The second-order valence-corrected chi connectivity index (χ2v) is 3.76. The van der Waals surface area contributed by atoms with E-state index >= 15 is 0 Å². The van der Waals surface area contributed by atoms with Gasteiger partial charge in [0.2, 0.25) is 0 Å². The number of benzene rings is 2. The van der Waals surface area contributed by atoms with E-state index in [1.54, 1.807) is 48.5 Å². The zero-order valence-electron chi connectivity index (χ0n) is 9.88. The molecule has 0 N–H and O–H groups in total. The number of nitrogens with zero attached hydrogens (tertiary/aromatic N) is 1. The van der Waals surface area contributed by atoms with Crippen LogP contribution < -0.4 is 4.74 Å². The molecule has 3 nitrogen and oxygen atoms in total. The number of hydrogen-bond donors (Lipinski definition) is 0. The maximum absolute atomic E-state index is 11.5. The minimum atomic E-state index is -0.0694. The summed E-state index contributed by atoms with van der Waals surface area (Å²) >= 11 is 0. The smallest absolute Gasteiger partial charge is 0.163 e. The van der Waals surface area contributed by atoms with Crippen LogP contribution in [0.4, 0.5) is 0 Å². The molecule has 0 aliphatic heterocycles. The molecule has 0 amide bonds. The van der Waals surface area contributed by atoms with Crippen LogP contribution in [0.3, 0.4) is 0 Å². The standard InChI is InChI=1S/C15H11NO2/c1-11(17)13-7-3-5-9-15(13)18-14-8-4-2-6-12(14)10-16/h2-9H,1H3. The summed E-state index contributed by atoms with van der Waals surface area (Å²) in [7, 11) is 0. The Hall–Kier alpha value is -2.60. The summed E-state index contributed by atoms with van der Waals surface area (Å²) in [5.41, 5.74) is 0.945. The van der Waals surface area contributed by atoms with E-state index in [2.05, 4.69) is 6.07 Å². The largest absolute Gasteiger partial charge is 0.455 e. The van der Waals surface area contributed by atoms with Gasteiger partial charge in [-0.2, -0.15) is 5.26 Å². The molecule has 0 aromatic heterocycles. The van der Waals surface area contributed by atoms with Crippen molar-refractivity contribution in [2.24, 2.45) is 0 Å². The van der Waals surface area contributed by atoms with E-state index in [4.69, 9.17) is 10.00 Å². The molecular weight excluding hydrogens is 226 g/mol. The third-order valence-electron chi connectivity index (χ3n) is 2.49. The fourth-order valence-corrected chi connectivity index (χ4v) is 1.61. The van der Waals surface area contributed by atoms with Gasteiger partial charge in [-0.15, -0.1) is 0 Å². The van der Waals surface area contributed by atoms with Crippen LogP contribution in [0.25, 0.3) is 0 Å². The van der Waals surface area contributed by atoms with Gasteiger partial charge in [0.15, 0.2) is 5.78 Å². The third kappa shape index (κ3) is 2.38. The summed E-state index contributed by atoms with van der Waals surface area (Å²) in [6, 6.07) is 16.0. The van der Waals surface area contributed by atoms with Crippen molar-refractivity contribution in [3.05, 3.63) is 59.7 Å². The summed E-state index contributed by atoms with van der Waals surface area (Å²) < 4.78 is 5.65. The van der Waals surface area contributed by atoms with Gasteiger partial charge in [-0.25, -0.2) is 0 Å². The molecule has 0 bridgehead atoms. The van der Waals surface area contributed by atoms with Gasteiger partial charge in [0.05, 0.1) is 11.1 Å². The number of para-hydroxylation sites is 2. The number of Topliss-reactive ketones (excluding diaryl/α,β-unsaturated/α-hetero) is 1. The Morgan fingerprint density at radius 3 is 2.33 bits per heavy atom. The molecule has 18 heavy (non-hydrogen) atoms. The molecule has 0 saturated carbocycles. The highest BCUT2D eigenvalue weighted by Gasteiger charge is 2.10. The van der Waals surface area contributed by atoms with Gasteiger partial charge in [-0.05, 0) is 31.2 Å². The summed E-state index contributed by atoms with van der Waals surface area (Å²) in [6.07, 6.45) is 0. The predicted molar refractivity (Wildman–Crippen MR) is 67.7 cm³/mol. The van der Waals surface area contributed by atoms with Crippen molar-refractivity contribution in [1.29, 1.82) is 5.26 Å². The second kappa shape index (κ2) is 5.15. The summed E-state index contributed by atoms with van der Waals surface area (Å²) in [5.74, 6) is 0.849. The zero-order chi connectivity index (χ0) is 13.0. The Balaban J connectivity index is 2.41. The van der Waals surface area contributed by atoms with Crippen LogP contribution >= 0.6 is 0 Å². The molecule has 88 valence electrons. The van der Waals surface area contributed by atoms with E-state index in [0.717, 1.165) is 0 Å². The normalized spacial score (nSPS) is 9.56. The Morgan fingerprint density at radius 1 is 1.06 bits per heavy atom. The number of ether oxygens (including phenoxy) is 1. The van der Waals surface area contributed by atoms with E-state index in [1.165, 1.54) is 6.92 Å². The molecule has 0 aliphatic carbocycles. The highest BCUT2D eigenvalue weighted by molar-refractivity contribution is 5.96. The Morgan fingerprint density at radius 2 is 1.67 bits per heavy atom. The number of carbonyl (C=O) groups excluding carboxylic acids is 1. The first-order valence-electron chi connectivity index (χ1n) is 5.49. The van der Waals surface area contributed by atoms with Crippen molar-refractivity contribution < 1.29 is 9.53 Å². The van der Waals surface area contributed by atoms with Crippen LogP contribution in [-0.2, 0) is 0 Å². The highest BCUT2D eigenvalue weighted by Crippen LogP contribution is 2.27. The van der Waals surface area contributed by atoms with Crippen molar-refractivity contribution in [3.8, 4) is 17.6 Å². The van der Waals surface area contributed by atoms with Crippen LogP contribution in [-0.4, -0.2) is 5.78 Å². The molecule has 0 spiro atoms. The molecule has 3 heteroatoms. The number of carbonyl (C=O) groups is 1. The number of rotatable bonds is 3. The number of ketones is 1. The summed E-state index contributed by atoms with van der Waals surface area (Å²) in [6.45, 7) is 1.48. The summed E-state index contributed by atoms with van der Waals surface area (Å²) in [5, 5.41) is 8.98. The molecule has 0 saturated heterocycles. The van der Waals surface area contributed by atoms with Crippen molar-refractivity contribution >= 4 is 5.78 Å². The van der Waals surface area contributed by atoms with Crippen molar-refractivity contribution in [2.75, 3.05) is 0 Å². The lowest BCUT2D eigenvalue weighted by atomic mass is 10.1. The third-order valence-corrected chi connectivity index (χ3v) is 2.49. The van der Waals surface area contributed by atoms with Crippen LogP contribution in [0.15, 0.2) is 48.5 Å². The van der Waals surface area contributed by atoms with Gasteiger partial charge >= 0.3 is 0 Å². The maximum Gasteiger partial charge on any atom is 0.163 e. The average molecular weight is 237 g/mol. The Kier molecular flexibility index (Phi) is 3.40. The minimum Gasteiger partial charge on any atom is -0.455 e. The first-order chi connectivity index (χ1) is 8.72. The highest BCUT2D eigenvalue weighted by atomic mass is 16.5. The number of hydrogen-bond acceptors (Lipinski definition) is 3. The van der Waals surface area contributed by atoms with Crippen LogP contribution in [0.5, 0.6) is 11.5 Å². The lowest BCUT2D eigenvalue weighted by Gasteiger charge is -2.09. The number of nitriles is 1. The molecular formula is C15H11NO2. The molecule has 0 radical (unpaired) electrons. The molecule has 2 aromatic carbocycles. The molecule has 0 aliphatic rings. The average Bonchev–Trinajstić information content (AvgIpc) is 2.40. The van der Waals surface area contributed by atoms with Crippen molar-refractivity contribution in [1.82, 2.24) is 0 Å². The first kappa shape index (κ1) is 11.9. The topological polar surface area (TPSA) is 50.1 Å². The lowest BCUT2D eigenvalue weighted by molar-refractivity contribution is 0.101. The van der Waals surface area contributed by atoms with Gasteiger partial charge in [0, 0.05) is 0 Å². The first-order valence-corrected chi connectivity index (χ1v) is 5.49. The SMILES string of the molecule is CC(=O)c1ccccc1Oc1ccccc1C#N. The minimum absolute atomic E-state index is 0.0694. The van der Waals surface area contributed by atoms with Gasteiger partial charge in [0.1, 0.15) is 17.6 Å². The molecule has 0 fully saturated rings. The molecule has 0 heterocycles. The lowest BCUT2D eigenvalue weighted by Crippen LogP contribution is -1.97. The van der Waals surface area contributed by atoms with Crippen molar-refractivity contribution in [2.45, 2.75) is 6.92 Å². The quantitative estimate of drug-likeness (QED) is 0.767. The second-order valence-electron chi connectivity index (χ2n) is 3.76. The Labute approximate surface area is 105 Å². The molecule has 2 rings (SSSR count). The van der Waals surface area contributed by atoms with E-state index in [1.807, 2.05) is 0 Å². The van der Waals surface area contributed by atoms with E-state index < -0.39 is 0 Å². The molecule has 0 atom stereocenters. The molecule has 0 unspecified atom stereocenters. The van der Waals surface area contributed by atoms with Crippen LogP contribution in [0, 0.1) is 11.3 Å². The van der Waals surface area contributed by atoms with Gasteiger partial charge in [-0.3, -0.25) is 4.79 Å². The fourth-order valence-electron chi connectivity index (χ4n) is 1.61.